The van der Waals surface area contributed by atoms with Gasteiger partial charge in [-0.05, 0) is 26.0 Å². The number of pyridine rings is 1. The van der Waals surface area contributed by atoms with Gasteiger partial charge in [0.05, 0.1) is 28.9 Å². The highest BCUT2D eigenvalue weighted by molar-refractivity contribution is 5.92. The van der Waals surface area contributed by atoms with Crippen LogP contribution in [0.15, 0.2) is 29.1 Å². The van der Waals surface area contributed by atoms with Crippen LogP contribution in [0, 0.1) is 12.7 Å². The first-order valence-corrected chi connectivity index (χ1v) is 9.99. The Kier molecular flexibility index (Phi) is 5.55. The van der Waals surface area contributed by atoms with E-state index in [9.17, 15) is 23.1 Å². The molecule has 32 heavy (non-hydrogen) atoms. The van der Waals surface area contributed by atoms with E-state index in [4.69, 9.17) is 5.11 Å². The van der Waals surface area contributed by atoms with Gasteiger partial charge in [0.1, 0.15) is 18.1 Å². The number of aromatic amines is 1. The van der Waals surface area contributed by atoms with Gasteiger partial charge in [0.2, 0.25) is 0 Å². The molecule has 3 aromatic rings. The number of benzene rings is 1. The van der Waals surface area contributed by atoms with Crippen LogP contribution in [0.2, 0.25) is 0 Å². The van der Waals surface area contributed by atoms with E-state index in [-0.39, 0.29) is 16.9 Å². The Morgan fingerprint density at radius 3 is 2.72 bits per heavy atom. The van der Waals surface area contributed by atoms with E-state index in [1.807, 2.05) is 0 Å². The van der Waals surface area contributed by atoms with Crippen molar-refractivity contribution in [2.24, 2.45) is 0 Å². The molecule has 1 aliphatic rings. The van der Waals surface area contributed by atoms with E-state index < -0.39 is 36.1 Å². The Labute approximate surface area is 180 Å². The first kappa shape index (κ1) is 22.0. The maximum absolute atomic E-state index is 14.9. The van der Waals surface area contributed by atoms with Crippen LogP contribution in [0.3, 0.4) is 0 Å². The second kappa shape index (κ2) is 8.06. The standard InChI is InChI=1S/C21H22F3N5O3/c1-10(13-4-3-5-15(17(13)22)21(23,24)9-30)25-19-14-6-16(29-7-12(31)8-29)20(32)26-18(14)11(2)27-28-19/h3-6,10,12,30-31H,7-9H2,1-2H3,(H,25,28)(H,26,32)/t10-/m1/s1. The second-order valence-corrected chi connectivity index (χ2v) is 7.90. The minimum absolute atomic E-state index is 0.0401. The number of fused-ring (bicyclic) bond motifs is 1. The van der Waals surface area contributed by atoms with Crippen molar-refractivity contribution in [3.63, 3.8) is 0 Å². The first-order chi connectivity index (χ1) is 15.1. The van der Waals surface area contributed by atoms with Gasteiger partial charge in [-0.25, -0.2) is 4.39 Å². The Morgan fingerprint density at radius 2 is 2.06 bits per heavy atom. The molecular weight excluding hydrogens is 427 g/mol. The van der Waals surface area contributed by atoms with Crippen LogP contribution in [0.5, 0.6) is 0 Å². The smallest absolute Gasteiger partial charge is 0.298 e. The number of aryl methyl sites for hydroxylation is 1. The molecule has 1 atom stereocenters. The number of aliphatic hydroxyl groups is 2. The summed E-state index contributed by atoms with van der Waals surface area (Å²) in [4.78, 5) is 17.0. The molecule has 170 valence electrons. The Morgan fingerprint density at radius 1 is 1.34 bits per heavy atom. The number of anilines is 2. The molecule has 1 aliphatic heterocycles. The predicted molar refractivity (Wildman–Crippen MR) is 113 cm³/mol. The van der Waals surface area contributed by atoms with Crippen molar-refractivity contribution < 1.29 is 23.4 Å². The molecule has 1 fully saturated rings. The topological polar surface area (TPSA) is 114 Å². The Bertz CT molecular complexity index is 1230. The molecule has 1 saturated heterocycles. The number of H-pyrrole nitrogens is 1. The summed E-state index contributed by atoms with van der Waals surface area (Å²) in [5.74, 6) is -4.61. The maximum atomic E-state index is 14.9. The number of alkyl halides is 2. The molecule has 1 aromatic carbocycles. The molecule has 0 spiro atoms. The molecule has 0 radical (unpaired) electrons. The number of aliphatic hydroxyl groups excluding tert-OH is 2. The van der Waals surface area contributed by atoms with Crippen molar-refractivity contribution in [3.05, 3.63) is 57.3 Å². The highest BCUT2D eigenvalue weighted by atomic mass is 19.3. The van der Waals surface area contributed by atoms with Crippen LogP contribution in [-0.4, -0.2) is 51.2 Å². The van der Waals surface area contributed by atoms with Gasteiger partial charge < -0.3 is 25.4 Å². The number of nitrogens with zero attached hydrogens (tertiary/aromatic N) is 3. The number of aromatic nitrogens is 3. The third-order valence-electron chi connectivity index (χ3n) is 5.58. The van der Waals surface area contributed by atoms with Crippen LogP contribution in [0.4, 0.5) is 24.7 Å². The van der Waals surface area contributed by atoms with Crippen molar-refractivity contribution >= 4 is 22.4 Å². The monoisotopic (exact) mass is 449 g/mol. The molecule has 0 amide bonds. The summed E-state index contributed by atoms with van der Waals surface area (Å²) in [6.07, 6.45) is -0.507. The van der Waals surface area contributed by atoms with Crippen molar-refractivity contribution in [1.29, 1.82) is 0 Å². The van der Waals surface area contributed by atoms with Crippen molar-refractivity contribution in [2.45, 2.75) is 31.9 Å². The lowest BCUT2D eigenvalue weighted by atomic mass is 10.00. The van der Waals surface area contributed by atoms with Gasteiger partial charge in [-0.15, -0.1) is 5.10 Å². The molecule has 2 aromatic heterocycles. The number of hydrogen-bond acceptors (Lipinski definition) is 7. The fraction of sp³-hybridized carbons (Fsp3) is 0.381. The third kappa shape index (κ3) is 3.78. The van der Waals surface area contributed by atoms with E-state index in [0.717, 1.165) is 6.07 Å². The molecule has 0 unspecified atom stereocenters. The normalized spacial score (nSPS) is 15.7. The second-order valence-electron chi connectivity index (χ2n) is 7.90. The van der Waals surface area contributed by atoms with Crippen molar-refractivity contribution in [3.8, 4) is 0 Å². The van der Waals surface area contributed by atoms with Gasteiger partial charge in [-0.2, -0.15) is 13.9 Å². The van der Waals surface area contributed by atoms with Gasteiger partial charge in [-0.1, -0.05) is 12.1 Å². The summed E-state index contributed by atoms with van der Waals surface area (Å²) in [6.45, 7) is 2.38. The molecule has 0 saturated carbocycles. The lowest BCUT2D eigenvalue weighted by molar-refractivity contribution is -0.0583. The summed E-state index contributed by atoms with van der Waals surface area (Å²) in [5, 5.41) is 30.1. The number of halogens is 3. The summed E-state index contributed by atoms with van der Waals surface area (Å²) in [7, 11) is 0. The molecule has 8 nitrogen and oxygen atoms in total. The molecule has 4 N–H and O–H groups in total. The number of rotatable bonds is 6. The highest BCUT2D eigenvalue weighted by Gasteiger charge is 2.35. The van der Waals surface area contributed by atoms with Gasteiger partial charge in [0, 0.05) is 24.0 Å². The predicted octanol–water partition coefficient (Wildman–Crippen LogP) is 2.20. The van der Waals surface area contributed by atoms with Gasteiger partial charge in [-0.3, -0.25) is 4.79 Å². The molecule has 3 heterocycles. The SMILES string of the molecule is Cc1nnc(N[C@H](C)c2cccc(C(F)(F)CO)c2F)c2cc(N3CC(O)C3)c(=O)[nH]c12. The lowest BCUT2D eigenvalue weighted by Crippen LogP contribution is -2.52. The van der Waals surface area contributed by atoms with Crippen LogP contribution in [0.25, 0.3) is 10.9 Å². The number of β-amino-alcohol motifs (C(OH)–C–C–N with tert-alkyl or cyclic N) is 1. The minimum Gasteiger partial charge on any atom is -0.390 e. The zero-order valence-electron chi connectivity index (χ0n) is 17.4. The van der Waals surface area contributed by atoms with Crippen molar-refractivity contribution in [2.75, 3.05) is 29.9 Å². The average Bonchev–Trinajstić information content (AvgIpc) is 2.73. The summed E-state index contributed by atoms with van der Waals surface area (Å²) in [6, 6.07) is 4.41. The molecule has 0 aliphatic carbocycles. The van der Waals surface area contributed by atoms with E-state index in [1.165, 1.54) is 12.1 Å². The van der Waals surface area contributed by atoms with E-state index in [0.29, 0.717) is 35.4 Å². The van der Waals surface area contributed by atoms with Crippen LogP contribution in [-0.2, 0) is 5.92 Å². The summed E-state index contributed by atoms with van der Waals surface area (Å²) in [5.41, 5.74) is -0.0198. The molecule has 11 heteroatoms. The first-order valence-electron chi connectivity index (χ1n) is 9.99. The third-order valence-corrected chi connectivity index (χ3v) is 5.58. The summed E-state index contributed by atoms with van der Waals surface area (Å²) < 4.78 is 42.7. The van der Waals surface area contributed by atoms with Gasteiger partial charge >= 0.3 is 0 Å². The maximum Gasteiger partial charge on any atom is 0.298 e. The quantitative estimate of drug-likeness (QED) is 0.456. The zero-order valence-corrected chi connectivity index (χ0v) is 17.4. The van der Waals surface area contributed by atoms with E-state index >= 15 is 0 Å². The minimum atomic E-state index is -3.72. The van der Waals surface area contributed by atoms with Gasteiger partial charge in [0.25, 0.3) is 11.5 Å². The van der Waals surface area contributed by atoms with Crippen molar-refractivity contribution in [1.82, 2.24) is 15.2 Å². The van der Waals surface area contributed by atoms with Crippen LogP contribution < -0.4 is 15.8 Å². The molecular formula is C21H22F3N5O3. The Hall–Kier alpha value is -3.18. The van der Waals surface area contributed by atoms with Gasteiger partial charge in [0.15, 0.2) is 5.82 Å². The van der Waals surface area contributed by atoms with Crippen LogP contribution in [0.1, 0.15) is 29.8 Å². The fourth-order valence-corrected chi connectivity index (χ4v) is 3.75. The van der Waals surface area contributed by atoms with E-state index in [1.54, 1.807) is 24.8 Å². The number of nitrogens with one attached hydrogen (secondary N) is 2. The summed E-state index contributed by atoms with van der Waals surface area (Å²) >= 11 is 0. The molecule has 0 bridgehead atoms. The Balaban J connectivity index is 1.73. The number of hydrogen-bond donors (Lipinski definition) is 4. The van der Waals surface area contributed by atoms with Crippen LogP contribution >= 0.6 is 0 Å². The zero-order chi connectivity index (χ0) is 23.2. The van der Waals surface area contributed by atoms with E-state index in [2.05, 4.69) is 20.5 Å². The largest absolute Gasteiger partial charge is 0.390 e. The highest BCUT2D eigenvalue weighted by Crippen LogP contribution is 2.34. The average molecular weight is 449 g/mol. The molecule has 4 rings (SSSR count). The lowest BCUT2D eigenvalue weighted by Gasteiger charge is -2.37. The fourth-order valence-electron chi connectivity index (χ4n) is 3.75.